The highest BCUT2D eigenvalue weighted by Crippen LogP contribution is 2.15. The van der Waals surface area contributed by atoms with E-state index in [1.807, 2.05) is 0 Å². The van der Waals surface area contributed by atoms with E-state index in [2.05, 4.69) is 38.2 Å². The molecule has 4 heteroatoms. The Kier molecular flexibility index (Phi) is 22.9. The summed E-state index contributed by atoms with van der Waals surface area (Å²) in [6.45, 7) is 4.34. The molecule has 0 rings (SSSR count). The van der Waals surface area contributed by atoms with Crippen LogP contribution in [0.1, 0.15) is 136 Å². The first kappa shape index (κ1) is 30.4. The highest BCUT2D eigenvalue weighted by molar-refractivity contribution is 5.69. The minimum atomic E-state index is -0.737. The molecule has 0 aliphatic heterocycles. The van der Waals surface area contributed by atoms with E-state index in [1.165, 1.54) is 44.9 Å². The van der Waals surface area contributed by atoms with E-state index in [9.17, 15) is 9.59 Å². The topological polar surface area (TPSA) is 63.6 Å². The Morgan fingerprint density at radius 1 is 0.688 bits per heavy atom. The summed E-state index contributed by atoms with van der Waals surface area (Å²) in [7, 11) is 0. The van der Waals surface area contributed by atoms with Gasteiger partial charge in [0.1, 0.15) is 6.10 Å². The van der Waals surface area contributed by atoms with Crippen LogP contribution in [0.5, 0.6) is 0 Å². The summed E-state index contributed by atoms with van der Waals surface area (Å²) in [5.74, 6) is -0.807. The summed E-state index contributed by atoms with van der Waals surface area (Å²) in [6.07, 6.45) is 28.1. The molecule has 1 atom stereocenters. The number of esters is 1. The van der Waals surface area contributed by atoms with Crippen molar-refractivity contribution in [2.75, 3.05) is 0 Å². The lowest BCUT2D eigenvalue weighted by atomic mass is 10.1. The van der Waals surface area contributed by atoms with Crippen LogP contribution in [0.2, 0.25) is 0 Å². The fraction of sp³-hybridized carbons (Fsp3) is 0.786. The van der Waals surface area contributed by atoms with E-state index in [0.29, 0.717) is 12.8 Å². The summed E-state index contributed by atoms with van der Waals surface area (Å²) in [6, 6.07) is 0. The van der Waals surface area contributed by atoms with Crippen LogP contribution in [0.4, 0.5) is 0 Å². The number of aliphatic carboxylic acids is 1. The van der Waals surface area contributed by atoms with Gasteiger partial charge in [0.25, 0.3) is 0 Å². The highest BCUT2D eigenvalue weighted by Gasteiger charge is 2.13. The molecule has 0 heterocycles. The number of carbonyl (C=O) groups excluding carboxylic acids is 1. The molecular formula is C28H50O4. The largest absolute Gasteiger partial charge is 0.481 e. The molecule has 32 heavy (non-hydrogen) atoms. The molecule has 0 fully saturated rings. The van der Waals surface area contributed by atoms with Crippen LogP contribution in [0, 0.1) is 0 Å². The number of carboxylic acid groups (broad SMARTS) is 1. The van der Waals surface area contributed by atoms with Crippen LogP contribution in [-0.2, 0) is 14.3 Å². The summed E-state index contributed by atoms with van der Waals surface area (Å²) in [5.41, 5.74) is 0. The van der Waals surface area contributed by atoms with Crippen LogP contribution in [0.3, 0.4) is 0 Å². The Hall–Kier alpha value is -1.58. The highest BCUT2D eigenvalue weighted by atomic mass is 16.5. The average molecular weight is 451 g/mol. The second kappa shape index (κ2) is 24.1. The zero-order chi connectivity index (χ0) is 23.7. The second-order valence-corrected chi connectivity index (χ2v) is 8.87. The lowest BCUT2D eigenvalue weighted by molar-refractivity contribution is -0.150. The van der Waals surface area contributed by atoms with Gasteiger partial charge in [0.05, 0.1) is 0 Å². The Labute approximate surface area is 197 Å². The Balaban J connectivity index is 3.63. The summed E-state index contributed by atoms with van der Waals surface area (Å²) in [5, 5.41) is 8.68. The van der Waals surface area contributed by atoms with Crippen molar-refractivity contribution in [3.63, 3.8) is 0 Å². The van der Waals surface area contributed by atoms with Gasteiger partial charge in [-0.2, -0.15) is 0 Å². The van der Waals surface area contributed by atoms with Crippen molar-refractivity contribution >= 4 is 11.9 Å². The molecular weight excluding hydrogens is 400 g/mol. The second-order valence-electron chi connectivity index (χ2n) is 8.87. The normalized spacial score (nSPS) is 12.6. The number of rotatable bonds is 23. The number of hydrogen-bond donors (Lipinski definition) is 1. The molecule has 4 nitrogen and oxygen atoms in total. The molecule has 0 aliphatic carbocycles. The van der Waals surface area contributed by atoms with E-state index < -0.39 is 5.97 Å². The molecule has 0 saturated carbocycles. The summed E-state index contributed by atoms with van der Waals surface area (Å²) in [4.78, 5) is 22.7. The summed E-state index contributed by atoms with van der Waals surface area (Å²) < 4.78 is 5.67. The third-order valence-corrected chi connectivity index (χ3v) is 5.66. The van der Waals surface area contributed by atoms with Crippen molar-refractivity contribution in [2.24, 2.45) is 0 Å². The van der Waals surface area contributed by atoms with Crippen molar-refractivity contribution in [3.8, 4) is 0 Å². The quantitative estimate of drug-likeness (QED) is 0.0962. The van der Waals surface area contributed by atoms with Gasteiger partial charge in [0, 0.05) is 12.8 Å². The molecule has 0 radical (unpaired) electrons. The minimum Gasteiger partial charge on any atom is -0.481 e. The molecule has 0 amide bonds. The number of carboxylic acids is 1. The van der Waals surface area contributed by atoms with Crippen LogP contribution >= 0.6 is 0 Å². The number of allylic oxidation sites excluding steroid dienone is 4. The predicted octanol–water partition coefficient (Wildman–Crippen LogP) is 8.55. The van der Waals surface area contributed by atoms with Crippen molar-refractivity contribution in [1.29, 1.82) is 0 Å². The van der Waals surface area contributed by atoms with Gasteiger partial charge in [0.2, 0.25) is 0 Å². The van der Waals surface area contributed by atoms with Crippen molar-refractivity contribution < 1.29 is 19.4 Å². The zero-order valence-electron chi connectivity index (χ0n) is 21.0. The van der Waals surface area contributed by atoms with Gasteiger partial charge in [-0.3, -0.25) is 9.59 Å². The van der Waals surface area contributed by atoms with Gasteiger partial charge in [-0.15, -0.1) is 0 Å². The number of unbranched alkanes of at least 4 members (excludes halogenated alkanes) is 10. The fourth-order valence-corrected chi connectivity index (χ4v) is 3.73. The Morgan fingerprint density at radius 3 is 1.94 bits per heavy atom. The van der Waals surface area contributed by atoms with Crippen LogP contribution < -0.4 is 0 Å². The van der Waals surface area contributed by atoms with Crippen LogP contribution in [-0.4, -0.2) is 23.1 Å². The van der Waals surface area contributed by atoms with E-state index in [0.717, 1.165) is 57.8 Å². The zero-order valence-corrected chi connectivity index (χ0v) is 21.0. The van der Waals surface area contributed by atoms with E-state index in [4.69, 9.17) is 9.84 Å². The molecule has 186 valence electrons. The number of hydrogen-bond acceptors (Lipinski definition) is 3. The lowest BCUT2D eigenvalue weighted by Crippen LogP contribution is -2.18. The molecule has 1 N–H and O–H groups in total. The van der Waals surface area contributed by atoms with Gasteiger partial charge < -0.3 is 9.84 Å². The SMILES string of the molecule is CCCCC/C=C\C/C=C\CCCCCCCC(=O)OC(CCC)CCCCCC(=O)O. The molecule has 0 aromatic heterocycles. The first-order valence-corrected chi connectivity index (χ1v) is 13.3. The molecule has 0 aromatic rings. The number of ether oxygens (including phenoxy) is 1. The van der Waals surface area contributed by atoms with E-state index >= 15 is 0 Å². The van der Waals surface area contributed by atoms with Crippen molar-refractivity contribution in [3.05, 3.63) is 24.3 Å². The standard InChI is InChI=1S/C28H50O4/c1-3-5-6-7-8-9-10-11-12-13-14-15-16-17-21-25-28(31)32-26(22-4-2)23-19-18-20-24-27(29)30/h8-9,11-12,26H,3-7,10,13-25H2,1-2H3,(H,29,30)/b9-8-,12-11-. The van der Waals surface area contributed by atoms with Crippen LogP contribution in [0.25, 0.3) is 0 Å². The third-order valence-electron chi connectivity index (χ3n) is 5.66. The Bertz CT molecular complexity index is 496. The van der Waals surface area contributed by atoms with Gasteiger partial charge >= 0.3 is 11.9 Å². The maximum Gasteiger partial charge on any atom is 0.306 e. The van der Waals surface area contributed by atoms with Crippen molar-refractivity contribution in [2.45, 2.75) is 142 Å². The molecule has 1 unspecified atom stereocenters. The molecule has 0 aliphatic rings. The molecule has 0 saturated heterocycles. The fourth-order valence-electron chi connectivity index (χ4n) is 3.73. The van der Waals surface area contributed by atoms with Crippen LogP contribution in [0.15, 0.2) is 24.3 Å². The third kappa shape index (κ3) is 23.1. The van der Waals surface area contributed by atoms with Crippen molar-refractivity contribution in [1.82, 2.24) is 0 Å². The lowest BCUT2D eigenvalue weighted by Gasteiger charge is -2.17. The predicted molar refractivity (Wildman–Crippen MR) is 135 cm³/mol. The summed E-state index contributed by atoms with van der Waals surface area (Å²) >= 11 is 0. The average Bonchev–Trinajstić information content (AvgIpc) is 2.76. The Morgan fingerprint density at radius 2 is 1.28 bits per heavy atom. The van der Waals surface area contributed by atoms with Gasteiger partial charge in [-0.1, -0.05) is 83.1 Å². The molecule has 0 bridgehead atoms. The molecule has 0 aromatic carbocycles. The monoisotopic (exact) mass is 450 g/mol. The maximum atomic E-state index is 12.1. The maximum absolute atomic E-state index is 12.1. The van der Waals surface area contributed by atoms with E-state index in [-0.39, 0.29) is 18.5 Å². The minimum absolute atomic E-state index is 0.00435. The first-order chi connectivity index (χ1) is 15.6. The number of carbonyl (C=O) groups is 2. The van der Waals surface area contributed by atoms with Gasteiger partial charge in [0.15, 0.2) is 0 Å². The van der Waals surface area contributed by atoms with Gasteiger partial charge in [-0.05, 0) is 64.2 Å². The van der Waals surface area contributed by atoms with E-state index in [1.54, 1.807) is 0 Å². The van der Waals surface area contributed by atoms with Gasteiger partial charge in [-0.25, -0.2) is 0 Å². The molecule has 0 spiro atoms. The first-order valence-electron chi connectivity index (χ1n) is 13.3. The smallest absolute Gasteiger partial charge is 0.306 e.